The minimum Gasteiger partial charge on any atom is -0.393 e. The molecule has 1 amide bonds. The van der Waals surface area contributed by atoms with E-state index < -0.39 is 5.60 Å². The first kappa shape index (κ1) is 15.6. The Bertz CT molecular complexity index is 725. The van der Waals surface area contributed by atoms with Gasteiger partial charge in [0.2, 0.25) is 0 Å². The van der Waals surface area contributed by atoms with Crippen LogP contribution in [0.5, 0.6) is 0 Å². The first-order valence-corrected chi connectivity index (χ1v) is 7.55. The Labute approximate surface area is 134 Å². The van der Waals surface area contributed by atoms with E-state index in [1.807, 2.05) is 26.0 Å². The lowest BCUT2D eigenvalue weighted by atomic mass is 10.1. The summed E-state index contributed by atoms with van der Waals surface area (Å²) in [6, 6.07) is 7.13. The van der Waals surface area contributed by atoms with Crippen molar-refractivity contribution >= 4 is 5.91 Å². The average Bonchev–Trinajstić information content (AvgIpc) is 3.10. The molecule has 1 unspecified atom stereocenters. The van der Waals surface area contributed by atoms with Gasteiger partial charge in [-0.2, -0.15) is 5.10 Å². The first-order chi connectivity index (χ1) is 10.9. The number of aliphatic hydroxyl groups excluding tert-OH is 1. The summed E-state index contributed by atoms with van der Waals surface area (Å²) in [6.07, 6.45) is 0.394. The zero-order valence-electron chi connectivity index (χ0n) is 13.2. The molecule has 23 heavy (non-hydrogen) atoms. The minimum atomic E-state index is -1.18. The third-order valence-corrected chi connectivity index (χ3v) is 4.15. The van der Waals surface area contributed by atoms with Crippen molar-refractivity contribution in [2.45, 2.75) is 25.9 Å². The molecular weight excluding hydrogens is 296 g/mol. The highest BCUT2D eigenvalue weighted by molar-refractivity contribution is 5.94. The molecule has 0 saturated carbocycles. The summed E-state index contributed by atoms with van der Waals surface area (Å²) >= 11 is 0. The number of carbonyl (C=O) groups excluding carboxylic acids is 1. The highest BCUT2D eigenvalue weighted by Crippen LogP contribution is 2.22. The van der Waals surface area contributed by atoms with Gasteiger partial charge in [0, 0.05) is 12.1 Å². The first-order valence-electron chi connectivity index (χ1n) is 7.55. The topological polar surface area (TPSA) is 91.5 Å². The van der Waals surface area contributed by atoms with E-state index >= 15 is 0 Å². The predicted octanol–water partition coefficient (Wildman–Crippen LogP) is 0.453. The van der Waals surface area contributed by atoms with Crippen LogP contribution in [0.1, 0.15) is 28.4 Å². The van der Waals surface area contributed by atoms with Gasteiger partial charge in [-0.3, -0.25) is 4.79 Å². The number of hydrogen-bond donors (Lipinski definition) is 2. The molecule has 1 aliphatic heterocycles. The van der Waals surface area contributed by atoms with Crippen molar-refractivity contribution in [1.29, 1.82) is 0 Å². The second-order valence-electron chi connectivity index (χ2n) is 6.02. The molecule has 7 heteroatoms. The molecule has 1 atom stereocenters. The van der Waals surface area contributed by atoms with Crippen LogP contribution in [0.2, 0.25) is 0 Å². The van der Waals surface area contributed by atoms with E-state index in [0.29, 0.717) is 24.4 Å². The normalized spacial score (nSPS) is 21.0. The molecule has 0 aliphatic carbocycles. The maximum absolute atomic E-state index is 12.5. The lowest BCUT2D eigenvalue weighted by molar-refractivity contribution is -0.00455. The summed E-state index contributed by atoms with van der Waals surface area (Å²) in [5.41, 5.74) is 0.212. The van der Waals surface area contributed by atoms with Crippen LogP contribution in [0, 0.1) is 13.8 Å². The Kier molecular flexibility index (Phi) is 3.91. The smallest absolute Gasteiger partial charge is 0.253 e. The van der Waals surface area contributed by atoms with Crippen molar-refractivity contribution in [1.82, 2.24) is 19.7 Å². The Morgan fingerprint density at radius 3 is 2.52 bits per heavy atom. The molecule has 1 aliphatic rings. The molecule has 7 nitrogen and oxygen atoms in total. The van der Waals surface area contributed by atoms with Crippen LogP contribution in [-0.2, 0) is 0 Å². The summed E-state index contributed by atoms with van der Waals surface area (Å²) in [7, 11) is 0. The molecule has 2 heterocycles. The van der Waals surface area contributed by atoms with E-state index in [9.17, 15) is 15.0 Å². The van der Waals surface area contributed by atoms with Crippen molar-refractivity contribution in [2.24, 2.45) is 0 Å². The second kappa shape index (κ2) is 5.75. The van der Waals surface area contributed by atoms with Crippen LogP contribution in [0.15, 0.2) is 24.3 Å². The molecule has 0 bridgehead atoms. The molecule has 0 spiro atoms. The SMILES string of the molecule is Cc1nc(C)n(-c2ccc(C(=O)N3CCC(O)(CO)C3)cc2)n1. The van der Waals surface area contributed by atoms with Crippen LogP contribution in [0.3, 0.4) is 0 Å². The van der Waals surface area contributed by atoms with Gasteiger partial charge < -0.3 is 15.1 Å². The maximum Gasteiger partial charge on any atom is 0.253 e. The summed E-state index contributed by atoms with van der Waals surface area (Å²) in [6.45, 7) is 3.97. The van der Waals surface area contributed by atoms with E-state index in [1.54, 1.807) is 21.7 Å². The second-order valence-corrected chi connectivity index (χ2v) is 6.02. The zero-order valence-corrected chi connectivity index (χ0v) is 13.2. The molecule has 2 aromatic rings. The van der Waals surface area contributed by atoms with Crippen molar-refractivity contribution in [3.05, 3.63) is 41.5 Å². The number of aryl methyl sites for hydroxylation is 2. The number of β-amino-alcohol motifs (C(OH)–C–C–N with tert-alkyl or cyclic N) is 1. The van der Waals surface area contributed by atoms with Crippen LogP contribution in [0.25, 0.3) is 5.69 Å². The largest absolute Gasteiger partial charge is 0.393 e. The number of rotatable bonds is 3. The van der Waals surface area contributed by atoms with Crippen molar-refractivity contribution < 1.29 is 15.0 Å². The van der Waals surface area contributed by atoms with Crippen LogP contribution >= 0.6 is 0 Å². The molecular formula is C16H20N4O3. The number of benzene rings is 1. The van der Waals surface area contributed by atoms with Gasteiger partial charge in [-0.25, -0.2) is 9.67 Å². The fourth-order valence-electron chi connectivity index (χ4n) is 2.85. The van der Waals surface area contributed by atoms with Gasteiger partial charge in [-0.15, -0.1) is 0 Å². The highest BCUT2D eigenvalue weighted by atomic mass is 16.3. The minimum absolute atomic E-state index is 0.146. The number of aromatic nitrogens is 3. The lowest BCUT2D eigenvalue weighted by Gasteiger charge is -2.21. The average molecular weight is 316 g/mol. The van der Waals surface area contributed by atoms with E-state index in [2.05, 4.69) is 10.1 Å². The summed E-state index contributed by atoms with van der Waals surface area (Å²) < 4.78 is 1.73. The number of hydrogen-bond acceptors (Lipinski definition) is 5. The van der Waals surface area contributed by atoms with Gasteiger partial charge >= 0.3 is 0 Å². The number of aliphatic hydroxyl groups is 2. The maximum atomic E-state index is 12.5. The molecule has 3 rings (SSSR count). The Morgan fingerprint density at radius 1 is 1.30 bits per heavy atom. The zero-order chi connectivity index (χ0) is 16.6. The van der Waals surface area contributed by atoms with Crippen molar-refractivity contribution in [2.75, 3.05) is 19.7 Å². The van der Waals surface area contributed by atoms with E-state index in [4.69, 9.17) is 0 Å². The van der Waals surface area contributed by atoms with Gasteiger partial charge in [0.1, 0.15) is 17.2 Å². The molecule has 1 saturated heterocycles. The molecule has 1 aromatic carbocycles. The molecule has 1 aromatic heterocycles. The Balaban J connectivity index is 1.77. The molecule has 1 fully saturated rings. The van der Waals surface area contributed by atoms with Gasteiger partial charge in [0.15, 0.2) is 0 Å². The fraction of sp³-hybridized carbons (Fsp3) is 0.438. The summed E-state index contributed by atoms with van der Waals surface area (Å²) in [5.74, 6) is 1.34. The molecule has 2 N–H and O–H groups in total. The molecule has 122 valence electrons. The van der Waals surface area contributed by atoms with E-state index in [-0.39, 0.29) is 19.1 Å². The highest BCUT2D eigenvalue weighted by Gasteiger charge is 2.37. The number of carbonyl (C=O) groups is 1. The fourth-order valence-corrected chi connectivity index (χ4v) is 2.85. The van der Waals surface area contributed by atoms with Gasteiger partial charge in [-0.05, 0) is 44.5 Å². The number of amides is 1. The lowest BCUT2D eigenvalue weighted by Crippen LogP contribution is -2.38. The van der Waals surface area contributed by atoms with Crippen LogP contribution < -0.4 is 0 Å². The summed E-state index contributed by atoms with van der Waals surface area (Å²) in [5, 5.41) is 23.5. The van der Waals surface area contributed by atoms with Gasteiger partial charge in [0.25, 0.3) is 5.91 Å². The predicted molar refractivity (Wildman–Crippen MR) is 83.4 cm³/mol. The van der Waals surface area contributed by atoms with E-state index in [0.717, 1.165) is 11.5 Å². The third-order valence-electron chi connectivity index (χ3n) is 4.15. The van der Waals surface area contributed by atoms with Gasteiger partial charge in [-0.1, -0.05) is 0 Å². The number of likely N-dealkylation sites (tertiary alicyclic amines) is 1. The molecule has 0 radical (unpaired) electrons. The quantitative estimate of drug-likeness (QED) is 0.858. The van der Waals surface area contributed by atoms with Crippen LogP contribution in [0.4, 0.5) is 0 Å². The Morgan fingerprint density at radius 2 is 2.00 bits per heavy atom. The number of nitrogens with zero attached hydrogens (tertiary/aromatic N) is 4. The monoisotopic (exact) mass is 316 g/mol. The summed E-state index contributed by atoms with van der Waals surface area (Å²) in [4.78, 5) is 18.3. The van der Waals surface area contributed by atoms with Crippen LogP contribution in [-0.4, -0.2) is 61.1 Å². The van der Waals surface area contributed by atoms with Gasteiger partial charge in [0.05, 0.1) is 18.8 Å². The third kappa shape index (κ3) is 2.97. The Hall–Kier alpha value is -2.25. The van der Waals surface area contributed by atoms with Crippen molar-refractivity contribution in [3.8, 4) is 5.69 Å². The van der Waals surface area contributed by atoms with Crippen molar-refractivity contribution in [3.63, 3.8) is 0 Å². The van der Waals surface area contributed by atoms with E-state index in [1.165, 1.54) is 0 Å². The standard InChI is InChI=1S/C16H20N4O3/c1-11-17-12(2)20(18-11)14-5-3-13(4-6-14)15(22)19-8-7-16(23,9-19)10-21/h3-6,21,23H,7-10H2,1-2H3.